The van der Waals surface area contributed by atoms with E-state index in [9.17, 15) is 13.2 Å². The lowest BCUT2D eigenvalue weighted by Gasteiger charge is -2.29. The zero-order valence-corrected chi connectivity index (χ0v) is 17.1. The van der Waals surface area contributed by atoms with Gasteiger partial charge in [0.25, 0.3) is 15.9 Å². The Morgan fingerprint density at radius 3 is 2.52 bits per heavy atom. The van der Waals surface area contributed by atoms with Crippen LogP contribution in [0.1, 0.15) is 22.3 Å². The van der Waals surface area contributed by atoms with Crippen molar-refractivity contribution >= 4 is 38.9 Å². The van der Waals surface area contributed by atoms with Gasteiger partial charge in [0.15, 0.2) is 0 Å². The number of sulfonamides is 1. The first-order valence-electron chi connectivity index (χ1n) is 9.22. The molecule has 29 heavy (non-hydrogen) atoms. The number of nitrogens with zero attached hydrogens (tertiary/aromatic N) is 1. The number of nitrogens with one attached hydrogen (secondary N) is 1. The Labute approximate surface area is 175 Å². The number of hydrogen-bond acceptors (Lipinski definition) is 3. The molecule has 1 amide bonds. The standard InChI is InChI=1S/C22H19ClN2O3S/c23-18-10-12-20(13-11-18)29(27,28)24-19-8-3-6-17(15-19)22(26)25-14-4-7-16-5-1-2-9-21(16)25/h1-3,5-6,8-13,15,24H,4,7,14H2. The van der Waals surface area contributed by atoms with E-state index in [1.807, 2.05) is 24.3 Å². The summed E-state index contributed by atoms with van der Waals surface area (Å²) in [5.41, 5.74) is 2.82. The summed E-state index contributed by atoms with van der Waals surface area (Å²) in [6, 6.07) is 20.3. The zero-order valence-electron chi connectivity index (χ0n) is 15.5. The second-order valence-corrected chi connectivity index (χ2v) is 8.95. The van der Waals surface area contributed by atoms with Crippen LogP contribution in [0.4, 0.5) is 11.4 Å². The van der Waals surface area contributed by atoms with Crippen LogP contribution in [0, 0.1) is 0 Å². The Bertz CT molecular complexity index is 1160. The van der Waals surface area contributed by atoms with Crippen LogP contribution < -0.4 is 9.62 Å². The first kappa shape index (κ1) is 19.5. The fourth-order valence-electron chi connectivity index (χ4n) is 3.44. The van der Waals surface area contributed by atoms with Gasteiger partial charge in [-0.2, -0.15) is 0 Å². The van der Waals surface area contributed by atoms with Crippen molar-refractivity contribution in [2.45, 2.75) is 17.7 Å². The molecule has 0 radical (unpaired) electrons. The smallest absolute Gasteiger partial charge is 0.261 e. The highest BCUT2D eigenvalue weighted by atomic mass is 35.5. The van der Waals surface area contributed by atoms with E-state index >= 15 is 0 Å². The summed E-state index contributed by atoms with van der Waals surface area (Å²) in [7, 11) is -3.78. The molecule has 3 aromatic carbocycles. The van der Waals surface area contributed by atoms with Crippen LogP contribution in [0.3, 0.4) is 0 Å². The van der Waals surface area contributed by atoms with Crippen molar-refractivity contribution in [3.63, 3.8) is 0 Å². The average molecular weight is 427 g/mol. The number of halogens is 1. The molecule has 4 rings (SSSR count). The summed E-state index contributed by atoms with van der Waals surface area (Å²) in [6.07, 6.45) is 1.84. The number of anilines is 2. The second-order valence-electron chi connectivity index (χ2n) is 6.83. The first-order valence-corrected chi connectivity index (χ1v) is 11.1. The van der Waals surface area contributed by atoms with Gasteiger partial charge >= 0.3 is 0 Å². The normalized spacial score (nSPS) is 13.6. The minimum atomic E-state index is -3.78. The van der Waals surface area contributed by atoms with Crippen LogP contribution in [0.15, 0.2) is 77.7 Å². The highest BCUT2D eigenvalue weighted by Crippen LogP contribution is 2.28. The molecule has 1 aliphatic rings. The molecule has 0 spiro atoms. The fourth-order valence-corrected chi connectivity index (χ4v) is 4.62. The maximum atomic E-state index is 13.1. The van der Waals surface area contributed by atoms with Gasteiger partial charge in [-0.05, 0) is 66.9 Å². The van der Waals surface area contributed by atoms with Crippen molar-refractivity contribution in [1.29, 1.82) is 0 Å². The number of benzene rings is 3. The Morgan fingerprint density at radius 1 is 0.966 bits per heavy atom. The highest BCUT2D eigenvalue weighted by molar-refractivity contribution is 7.92. The molecule has 1 heterocycles. The Balaban J connectivity index is 1.59. The van der Waals surface area contributed by atoms with Crippen LogP contribution in [-0.2, 0) is 16.4 Å². The van der Waals surface area contributed by atoms with E-state index in [4.69, 9.17) is 11.6 Å². The van der Waals surface area contributed by atoms with Crippen molar-refractivity contribution < 1.29 is 13.2 Å². The van der Waals surface area contributed by atoms with Gasteiger partial charge in [0.05, 0.1) is 4.90 Å². The Kier molecular flexibility index (Phi) is 5.30. The number of para-hydroxylation sites is 1. The number of hydrogen-bond donors (Lipinski definition) is 1. The highest BCUT2D eigenvalue weighted by Gasteiger charge is 2.23. The predicted octanol–water partition coefficient (Wildman–Crippen LogP) is 4.73. The van der Waals surface area contributed by atoms with E-state index in [-0.39, 0.29) is 10.8 Å². The van der Waals surface area contributed by atoms with Gasteiger partial charge in [-0.15, -0.1) is 0 Å². The maximum Gasteiger partial charge on any atom is 0.261 e. The largest absolute Gasteiger partial charge is 0.308 e. The molecule has 0 unspecified atom stereocenters. The van der Waals surface area contributed by atoms with E-state index in [1.54, 1.807) is 29.2 Å². The number of aryl methyl sites for hydroxylation is 1. The van der Waals surface area contributed by atoms with Crippen molar-refractivity contribution in [2.75, 3.05) is 16.2 Å². The molecule has 0 saturated carbocycles. The van der Waals surface area contributed by atoms with Crippen LogP contribution in [-0.4, -0.2) is 20.9 Å². The minimum absolute atomic E-state index is 0.101. The lowest BCUT2D eigenvalue weighted by molar-refractivity contribution is 0.0985. The molecule has 0 saturated heterocycles. The third kappa shape index (κ3) is 4.13. The molecule has 5 nitrogen and oxygen atoms in total. The maximum absolute atomic E-state index is 13.1. The molecule has 1 N–H and O–H groups in total. The molecule has 1 aliphatic heterocycles. The van der Waals surface area contributed by atoms with E-state index in [0.717, 1.165) is 24.1 Å². The molecule has 0 atom stereocenters. The quantitative estimate of drug-likeness (QED) is 0.655. The Morgan fingerprint density at radius 2 is 1.72 bits per heavy atom. The van der Waals surface area contributed by atoms with Crippen LogP contribution in [0.25, 0.3) is 0 Å². The van der Waals surface area contributed by atoms with Crippen molar-refractivity contribution in [3.8, 4) is 0 Å². The molecule has 3 aromatic rings. The summed E-state index contributed by atoms with van der Waals surface area (Å²) >= 11 is 5.83. The summed E-state index contributed by atoms with van der Waals surface area (Å²) in [5.74, 6) is -0.148. The topological polar surface area (TPSA) is 66.5 Å². The molecular formula is C22H19ClN2O3S. The van der Waals surface area contributed by atoms with Gasteiger partial charge in [-0.25, -0.2) is 8.42 Å². The number of amides is 1. The zero-order chi connectivity index (χ0) is 20.4. The first-order chi connectivity index (χ1) is 13.9. The van der Waals surface area contributed by atoms with E-state index in [0.29, 0.717) is 22.8 Å². The number of fused-ring (bicyclic) bond motifs is 1. The third-order valence-corrected chi connectivity index (χ3v) is 6.49. The van der Waals surface area contributed by atoms with E-state index in [2.05, 4.69) is 4.72 Å². The lowest BCUT2D eigenvalue weighted by atomic mass is 10.0. The van der Waals surface area contributed by atoms with E-state index in [1.165, 1.54) is 24.3 Å². The van der Waals surface area contributed by atoms with Crippen LogP contribution in [0.2, 0.25) is 5.02 Å². The second kappa shape index (κ2) is 7.89. The van der Waals surface area contributed by atoms with Crippen molar-refractivity contribution in [3.05, 3.63) is 88.9 Å². The van der Waals surface area contributed by atoms with Crippen molar-refractivity contribution in [1.82, 2.24) is 0 Å². The van der Waals surface area contributed by atoms with Crippen molar-refractivity contribution in [2.24, 2.45) is 0 Å². The number of rotatable bonds is 4. The summed E-state index contributed by atoms with van der Waals surface area (Å²) < 4.78 is 27.7. The number of carbonyl (C=O) groups excluding carboxylic acids is 1. The fraction of sp³-hybridized carbons (Fsp3) is 0.136. The SMILES string of the molecule is O=C(c1cccc(NS(=O)(=O)c2ccc(Cl)cc2)c1)N1CCCc2ccccc21. The number of carbonyl (C=O) groups is 1. The molecule has 148 valence electrons. The van der Waals surface area contributed by atoms with Gasteiger partial charge < -0.3 is 4.90 Å². The van der Waals surface area contributed by atoms with Gasteiger partial charge in [0, 0.05) is 28.5 Å². The predicted molar refractivity (Wildman–Crippen MR) is 115 cm³/mol. The van der Waals surface area contributed by atoms with Crippen LogP contribution in [0.5, 0.6) is 0 Å². The Hall–Kier alpha value is -2.83. The molecule has 0 aliphatic carbocycles. The summed E-state index contributed by atoms with van der Waals surface area (Å²) in [5, 5.41) is 0.457. The lowest BCUT2D eigenvalue weighted by Crippen LogP contribution is -2.35. The molecule has 0 fully saturated rings. The molecular weight excluding hydrogens is 408 g/mol. The molecule has 0 aromatic heterocycles. The monoisotopic (exact) mass is 426 g/mol. The van der Waals surface area contributed by atoms with Gasteiger partial charge in [0.1, 0.15) is 0 Å². The summed E-state index contributed by atoms with van der Waals surface area (Å²) in [6.45, 7) is 0.635. The average Bonchev–Trinajstić information content (AvgIpc) is 2.73. The van der Waals surface area contributed by atoms with E-state index < -0.39 is 10.0 Å². The minimum Gasteiger partial charge on any atom is -0.308 e. The summed E-state index contributed by atoms with van der Waals surface area (Å²) in [4.78, 5) is 15.0. The molecule has 7 heteroatoms. The van der Waals surface area contributed by atoms with Gasteiger partial charge in [-0.1, -0.05) is 35.9 Å². The van der Waals surface area contributed by atoms with Gasteiger partial charge in [-0.3, -0.25) is 9.52 Å². The van der Waals surface area contributed by atoms with Gasteiger partial charge in [0.2, 0.25) is 0 Å². The molecule has 0 bridgehead atoms. The van der Waals surface area contributed by atoms with Crippen LogP contribution >= 0.6 is 11.6 Å². The third-order valence-electron chi connectivity index (χ3n) is 4.84.